The average Bonchev–Trinajstić information content (AvgIpc) is 2.82. The molecule has 8 heteroatoms. The average molecular weight is 577 g/mol. The highest BCUT2D eigenvalue weighted by Crippen LogP contribution is 2.34. The molecule has 0 radical (unpaired) electrons. The number of para-hydroxylation sites is 1. The molecule has 176 valence electrons. The van der Waals surface area contributed by atoms with E-state index in [1.165, 1.54) is 3.51 Å². The zero-order valence-electron chi connectivity index (χ0n) is 18.3. The van der Waals surface area contributed by atoms with Crippen molar-refractivity contribution in [2.45, 2.75) is 38.3 Å². The Hall–Kier alpha value is -2.88. The van der Waals surface area contributed by atoms with E-state index in [9.17, 15) is 18.0 Å². The molecule has 4 nitrogen and oxygen atoms in total. The number of alkyl halides is 3. The molecule has 2 aromatic carbocycles. The molecule has 0 saturated heterocycles. The number of pyridine rings is 1. The number of halogens is 4. The van der Waals surface area contributed by atoms with Gasteiger partial charge in [-0.25, -0.2) is 9.98 Å². The monoisotopic (exact) mass is 577 g/mol. The summed E-state index contributed by atoms with van der Waals surface area (Å²) in [6, 6.07) is 17.5. The van der Waals surface area contributed by atoms with Gasteiger partial charge in [-0.2, -0.15) is 13.2 Å². The van der Waals surface area contributed by atoms with Crippen LogP contribution in [0.3, 0.4) is 0 Å². The molecule has 34 heavy (non-hydrogen) atoms. The number of aliphatic imine (C=N–C) groups is 1. The minimum Gasteiger partial charge on any atom is -0.333 e. The lowest BCUT2D eigenvalue weighted by Gasteiger charge is -2.17. The van der Waals surface area contributed by atoms with Crippen LogP contribution in [0.15, 0.2) is 77.8 Å². The summed E-state index contributed by atoms with van der Waals surface area (Å²) >= 11 is -0.752. The van der Waals surface area contributed by atoms with Gasteiger partial charge in [-0.15, -0.1) is 0 Å². The van der Waals surface area contributed by atoms with Crippen molar-refractivity contribution in [3.63, 3.8) is 0 Å². The van der Waals surface area contributed by atoms with Crippen LogP contribution in [0, 0.1) is 0 Å². The fourth-order valence-corrected chi connectivity index (χ4v) is 6.12. The molecule has 1 fully saturated rings. The van der Waals surface area contributed by atoms with E-state index in [1.807, 2.05) is 30.3 Å². The number of aromatic nitrogens is 1. The maximum atomic E-state index is 13.3. The molecule has 0 aliphatic heterocycles. The predicted octanol–water partition coefficient (Wildman–Crippen LogP) is 7.06. The first-order chi connectivity index (χ1) is 16.3. The van der Waals surface area contributed by atoms with Gasteiger partial charge in [-0.05, 0) is 61.5 Å². The molecule has 4 rings (SSSR count). The van der Waals surface area contributed by atoms with Gasteiger partial charge in [0, 0.05) is 29.5 Å². The van der Waals surface area contributed by atoms with Crippen LogP contribution in [-0.2, 0) is 17.4 Å². The number of anilines is 1. The molecule has 1 aromatic heterocycles. The minimum absolute atomic E-state index is 0.304. The third kappa shape index (κ3) is 6.16. The van der Waals surface area contributed by atoms with Crippen molar-refractivity contribution in [2.75, 3.05) is 3.53 Å². The van der Waals surface area contributed by atoms with Crippen LogP contribution in [0.2, 0.25) is 0 Å². The van der Waals surface area contributed by atoms with E-state index in [1.54, 1.807) is 24.3 Å². The van der Waals surface area contributed by atoms with Crippen LogP contribution in [0.25, 0.3) is 10.9 Å². The van der Waals surface area contributed by atoms with Crippen LogP contribution in [0.4, 0.5) is 18.9 Å². The summed E-state index contributed by atoms with van der Waals surface area (Å²) in [5.41, 5.74) is 2.11. The van der Waals surface area contributed by atoms with Gasteiger partial charge in [-0.3, -0.25) is 4.79 Å². The van der Waals surface area contributed by atoms with Crippen molar-refractivity contribution >= 4 is 52.7 Å². The molecular weight excluding hydrogens is 554 g/mol. The van der Waals surface area contributed by atoms with Crippen molar-refractivity contribution in [3.05, 3.63) is 84.1 Å². The summed E-state index contributed by atoms with van der Waals surface area (Å²) in [4.78, 5) is 20.7. The Labute approximate surface area is 206 Å². The fraction of sp³-hybridized carbons (Fsp3) is 0.231. The smallest absolute Gasteiger partial charge is 0.333 e. The summed E-state index contributed by atoms with van der Waals surface area (Å²) in [7, 11) is 0. The maximum Gasteiger partial charge on any atom is 0.433 e. The van der Waals surface area contributed by atoms with E-state index in [0.29, 0.717) is 35.0 Å². The molecular formula is C26H23F3IN3O. The number of carbonyl (C=O) groups excluding carboxylic acids is 1. The highest BCUT2D eigenvalue weighted by Gasteiger charge is 2.33. The topological polar surface area (TPSA) is 54.4 Å². The van der Waals surface area contributed by atoms with Gasteiger partial charge in [0.1, 0.15) is 5.69 Å². The molecule has 0 bridgehead atoms. The summed E-state index contributed by atoms with van der Waals surface area (Å²) in [6.07, 6.45) is -0.961. The number of hydrogen-bond acceptors (Lipinski definition) is 3. The number of fused-ring (bicyclic) bond motifs is 1. The number of hydrogen-bond donors (Lipinski definition) is 1. The lowest BCUT2D eigenvalue weighted by atomic mass is 9.98. The Balaban J connectivity index is 1.49. The molecule has 3 aromatic rings. The van der Waals surface area contributed by atoms with Crippen molar-refractivity contribution in [1.82, 2.24) is 4.98 Å². The standard InChI is InChI=1S/C26H23F3IN3O/c1-17(14-18-8-3-2-4-9-18)25(34)31-20-11-7-10-19(15-20)30-33-23-16-24(26(27,28)29)32-22-13-6-5-12-21(22)23/h2-6,8-9,12-13,16H,1,7,10-11,14-15H2,(H,32,33). The molecule has 0 unspecified atom stereocenters. The van der Waals surface area contributed by atoms with Gasteiger partial charge in [0.2, 0.25) is 0 Å². The summed E-state index contributed by atoms with van der Waals surface area (Å²) in [6.45, 7) is 3.90. The predicted molar refractivity (Wildman–Crippen MR) is 140 cm³/mol. The van der Waals surface area contributed by atoms with Gasteiger partial charge in [0.05, 0.1) is 11.2 Å². The number of nitrogens with zero attached hydrogens (tertiary/aromatic N) is 2. The number of nitrogens with one attached hydrogen (secondary N) is 1. The van der Waals surface area contributed by atoms with Gasteiger partial charge < -0.3 is 3.53 Å². The van der Waals surface area contributed by atoms with E-state index < -0.39 is 32.9 Å². The van der Waals surface area contributed by atoms with Gasteiger partial charge in [0.15, 0.2) is 0 Å². The molecule has 1 aliphatic rings. The highest BCUT2D eigenvalue weighted by atomic mass is 127. The Morgan fingerprint density at radius 3 is 2.59 bits per heavy atom. The summed E-state index contributed by atoms with van der Waals surface area (Å²) in [5.74, 6) is -0.304. The molecule has 0 spiro atoms. The van der Waals surface area contributed by atoms with Crippen molar-refractivity contribution in [1.29, 1.82) is 0 Å². The second-order valence-electron chi connectivity index (χ2n) is 8.06. The van der Waals surface area contributed by atoms with Crippen LogP contribution in [0.5, 0.6) is 0 Å². The van der Waals surface area contributed by atoms with E-state index in [2.05, 4.69) is 20.1 Å². The van der Waals surface area contributed by atoms with Gasteiger partial charge >= 0.3 is 6.18 Å². The van der Waals surface area contributed by atoms with Crippen LogP contribution >= 0.6 is 21.0 Å². The number of carbonyl (C=O) groups is 1. The number of rotatable bonds is 5. The SMILES string of the molecule is C=C(Cc1ccccc1)C(=O)N=C1CCCC(=INc2cc(C(F)(F)F)nc3ccccc23)C1. The van der Waals surface area contributed by atoms with Gasteiger partial charge in [0.25, 0.3) is 5.91 Å². The Morgan fingerprint density at radius 2 is 1.82 bits per heavy atom. The normalized spacial score (nSPS) is 16.9. The third-order valence-corrected chi connectivity index (χ3v) is 7.96. The first kappa shape index (κ1) is 24.3. The molecule has 0 atom stereocenters. The second kappa shape index (κ2) is 10.6. The highest BCUT2D eigenvalue weighted by molar-refractivity contribution is 14.2. The van der Waals surface area contributed by atoms with E-state index in [0.717, 1.165) is 36.6 Å². The summed E-state index contributed by atoms with van der Waals surface area (Å²) in [5, 5.41) is 0.660. The lowest BCUT2D eigenvalue weighted by Crippen LogP contribution is -2.16. The zero-order valence-corrected chi connectivity index (χ0v) is 20.5. The number of benzene rings is 2. The Kier molecular flexibility index (Phi) is 7.55. The largest absolute Gasteiger partial charge is 0.433 e. The third-order valence-electron chi connectivity index (χ3n) is 5.42. The molecule has 1 amide bonds. The molecule has 1 saturated carbocycles. The fourth-order valence-electron chi connectivity index (χ4n) is 3.72. The van der Waals surface area contributed by atoms with Crippen molar-refractivity contribution in [3.8, 4) is 0 Å². The Bertz CT molecular complexity index is 1280. The maximum absolute atomic E-state index is 13.3. The van der Waals surface area contributed by atoms with E-state index in [-0.39, 0.29) is 5.91 Å². The number of amides is 1. The lowest BCUT2D eigenvalue weighted by molar-refractivity contribution is -0.140. The first-order valence-corrected chi connectivity index (χ1v) is 13.0. The molecule has 1 N–H and O–H groups in total. The summed E-state index contributed by atoms with van der Waals surface area (Å²) < 4.78 is 44.5. The van der Waals surface area contributed by atoms with Crippen LogP contribution < -0.4 is 3.53 Å². The van der Waals surface area contributed by atoms with Gasteiger partial charge in [-0.1, -0.05) is 55.1 Å². The van der Waals surface area contributed by atoms with E-state index in [4.69, 9.17) is 0 Å². The minimum atomic E-state index is -4.51. The first-order valence-electron chi connectivity index (χ1n) is 10.8. The van der Waals surface area contributed by atoms with E-state index >= 15 is 0 Å². The van der Waals surface area contributed by atoms with Crippen molar-refractivity contribution < 1.29 is 18.0 Å². The molecule has 1 heterocycles. The zero-order chi connectivity index (χ0) is 24.1. The quantitative estimate of drug-likeness (QED) is 0.201. The molecule has 1 aliphatic carbocycles. The van der Waals surface area contributed by atoms with Crippen molar-refractivity contribution in [2.24, 2.45) is 4.99 Å². The Morgan fingerprint density at radius 1 is 1.09 bits per heavy atom. The van der Waals surface area contributed by atoms with Crippen LogP contribution in [-0.4, -0.2) is 20.1 Å². The van der Waals surface area contributed by atoms with Crippen LogP contribution in [0.1, 0.15) is 36.9 Å². The second-order valence-corrected chi connectivity index (χ2v) is 10.7.